The van der Waals surface area contributed by atoms with Crippen molar-refractivity contribution >= 4 is 11.5 Å². The summed E-state index contributed by atoms with van der Waals surface area (Å²) in [6.07, 6.45) is 1.76. The molecule has 1 aromatic heterocycles. The Bertz CT molecular complexity index is 406. The molecule has 2 heterocycles. The highest BCUT2D eigenvalue weighted by Crippen LogP contribution is 2.26. The molecule has 0 saturated carbocycles. The summed E-state index contributed by atoms with van der Waals surface area (Å²) in [7, 11) is 1.69. The van der Waals surface area contributed by atoms with E-state index in [1.807, 2.05) is 0 Å². The van der Waals surface area contributed by atoms with E-state index in [0.29, 0.717) is 11.4 Å². The second kappa shape index (κ2) is 3.75. The predicted octanol–water partition coefficient (Wildman–Crippen LogP) is 0.370. The van der Waals surface area contributed by atoms with E-state index in [-0.39, 0.29) is 6.10 Å². The topological polar surface area (TPSA) is 75.2 Å². The number of rotatable bonds is 2. The van der Waals surface area contributed by atoms with Crippen LogP contribution in [0.25, 0.3) is 0 Å². The molecule has 2 N–H and O–H groups in total. The third-order valence-corrected chi connectivity index (χ3v) is 2.55. The molecule has 78 valence electrons. The van der Waals surface area contributed by atoms with E-state index in [0.717, 1.165) is 18.8 Å². The molecular weight excluding hydrogens is 192 g/mol. The van der Waals surface area contributed by atoms with Crippen molar-refractivity contribution in [3.05, 3.63) is 17.8 Å². The second-order valence-electron chi connectivity index (χ2n) is 3.50. The second-order valence-corrected chi connectivity index (χ2v) is 3.50. The summed E-state index contributed by atoms with van der Waals surface area (Å²) >= 11 is 0. The van der Waals surface area contributed by atoms with Gasteiger partial charge in [0.05, 0.1) is 17.4 Å². The van der Waals surface area contributed by atoms with Crippen molar-refractivity contribution in [2.45, 2.75) is 6.10 Å². The Hall–Kier alpha value is -1.80. The van der Waals surface area contributed by atoms with E-state index in [1.54, 1.807) is 13.2 Å². The van der Waals surface area contributed by atoms with Gasteiger partial charge in [0.25, 0.3) is 0 Å². The first kappa shape index (κ1) is 9.74. The molecule has 5 heteroatoms. The van der Waals surface area contributed by atoms with Crippen molar-refractivity contribution in [1.82, 2.24) is 4.98 Å². The standard InChI is InChI=1S/C10H12N4O/c1-15-8-5-14(6-8)9-2-10(12)13-4-7(9)3-11/h2,4,8H,5-6H2,1H3,(H2,12,13). The number of hydrogen-bond donors (Lipinski definition) is 1. The van der Waals surface area contributed by atoms with Gasteiger partial charge in [-0.05, 0) is 0 Å². The van der Waals surface area contributed by atoms with Crippen LogP contribution in [0.3, 0.4) is 0 Å². The fraction of sp³-hybridized carbons (Fsp3) is 0.400. The number of pyridine rings is 1. The Morgan fingerprint density at radius 3 is 3.00 bits per heavy atom. The van der Waals surface area contributed by atoms with Gasteiger partial charge < -0.3 is 15.4 Å². The maximum atomic E-state index is 8.91. The molecule has 0 amide bonds. The van der Waals surface area contributed by atoms with Crippen molar-refractivity contribution in [2.75, 3.05) is 30.8 Å². The molecule has 2 rings (SSSR count). The minimum atomic E-state index is 0.255. The number of nitrogens with two attached hydrogens (primary N) is 1. The lowest BCUT2D eigenvalue weighted by molar-refractivity contribution is 0.0787. The SMILES string of the molecule is COC1CN(c2cc(N)ncc2C#N)C1. The van der Waals surface area contributed by atoms with Crippen molar-refractivity contribution < 1.29 is 4.74 Å². The zero-order valence-electron chi connectivity index (χ0n) is 8.47. The van der Waals surface area contributed by atoms with Crippen LogP contribution >= 0.6 is 0 Å². The Kier molecular flexibility index (Phi) is 2.44. The third kappa shape index (κ3) is 1.72. The Labute approximate surface area is 88.1 Å². The van der Waals surface area contributed by atoms with Crippen LogP contribution in [-0.4, -0.2) is 31.3 Å². The third-order valence-electron chi connectivity index (χ3n) is 2.55. The molecular formula is C10H12N4O. The van der Waals surface area contributed by atoms with Crippen molar-refractivity contribution in [3.63, 3.8) is 0 Å². The highest BCUT2D eigenvalue weighted by atomic mass is 16.5. The fourth-order valence-corrected chi connectivity index (χ4v) is 1.59. The molecule has 5 nitrogen and oxygen atoms in total. The Morgan fingerprint density at radius 2 is 2.40 bits per heavy atom. The Morgan fingerprint density at radius 1 is 1.67 bits per heavy atom. The highest BCUT2D eigenvalue weighted by Gasteiger charge is 2.28. The average Bonchev–Trinajstić information content (AvgIpc) is 2.16. The lowest BCUT2D eigenvalue weighted by Gasteiger charge is -2.40. The van der Waals surface area contributed by atoms with Crippen LogP contribution in [0.15, 0.2) is 12.3 Å². The maximum Gasteiger partial charge on any atom is 0.125 e. The Balaban J connectivity index is 2.21. The zero-order valence-corrected chi connectivity index (χ0v) is 8.47. The fourth-order valence-electron chi connectivity index (χ4n) is 1.59. The van der Waals surface area contributed by atoms with E-state index in [1.165, 1.54) is 6.20 Å². The number of hydrogen-bond acceptors (Lipinski definition) is 5. The van der Waals surface area contributed by atoms with Crippen LogP contribution < -0.4 is 10.6 Å². The number of ether oxygens (including phenoxy) is 1. The van der Waals surface area contributed by atoms with E-state index >= 15 is 0 Å². The van der Waals surface area contributed by atoms with Gasteiger partial charge in [0.2, 0.25) is 0 Å². The van der Waals surface area contributed by atoms with Gasteiger partial charge in [-0.25, -0.2) is 4.98 Å². The largest absolute Gasteiger partial charge is 0.384 e. The first-order chi connectivity index (χ1) is 7.24. The monoisotopic (exact) mass is 204 g/mol. The van der Waals surface area contributed by atoms with Crippen LogP contribution in [0.5, 0.6) is 0 Å². The van der Waals surface area contributed by atoms with E-state index in [9.17, 15) is 0 Å². The molecule has 15 heavy (non-hydrogen) atoms. The molecule has 0 aliphatic carbocycles. The number of anilines is 2. The van der Waals surface area contributed by atoms with E-state index < -0.39 is 0 Å². The van der Waals surface area contributed by atoms with E-state index in [2.05, 4.69) is 16.0 Å². The zero-order chi connectivity index (χ0) is 10.8. The van der Waals surface area contributed by atoms with Gasteiger partial charge in [-0.1, -0.05) is 0 Å². The summed E-state index contributed by atoms with van der Waals surface area (Å²) in [6, 6.07) is 3.83. The first-order valence-corrected chi connectivity index (χ1v) is 4.68. The number of nitriles is 1. The normalized spacial score (nSPS) is 15.9. The minimum absolute atomic E-state index is 0.255. The van der Waals surface area contributed by atoms with Gasteiger partial charge in [-0.3, -0.25) is 0 Å². The van der Waals surface area contributed by atoms with Gasteiger partial charge >= 0.3 is 0 Å². The number of aromatic nitrogens is 1. The lowest BCUT2D eigenvalue weighted by atomic mass is 10.1. The smallest absolute Gasteiger partial charge is 0.125 e. The molecule has 0 unspecified atom stereocenters. The van der Waals surface area contributed by atoms with Crippen molar-refractivity contribution in [3.8, 4) is 6.07 Å². The molecule has 0 bridgehead atoms. The average molecular weight is 204 g/mol. The number of methoxy groups -OCH3 is 1. The highest BCUT2D eigenvalue weighted by molar-refractivity contribution is 5.63. The van der Waals surface area contributed by atoms with Gasteiger partial charge in [0.1, 0.15) is 11.9 Å². The molecule has 1 aliphatic rings. The van der Waals surface area contributed by atoms with Crippen LogP contribution in [0.4, 0.5) is 11.5 Å². The van der Waals surface area contributed by atoms with Crippen LogP contribution in [0.2, 0.25) is 0 Å². The van der Waals surface area contributed by atoms with Crippen LogP contribution in [-0.2, 0) is 4.74 Å². The summed E-state index contributed by atoms with van der Waals surface area (Å²) < 4.78 is 5.17. The molecule has 0 radical (unpaired) electrons. The summed E-state index contributed by atoms with van der Waals surface area (Å²) in [5.74, 6) is 0.435. The summed E-state index contributed by atoms with van der Waals surface area (Å²) in [5, 5.41) is 8.91. The molecule has 1 aromatic rings. The van der Waals surface area contributed by atoms with Crippen LogP contribution in [0.1, 0.15) is 5.56 Å². The van der Waals surface area contributed by atoms with Crippen LogP contribution in [0, 0.1) is 11.3 Å². The summed E-state index contributed by atoms with van der Waals surface area (Å²) in [4.78, 5) is 5.95. The summed E-state index contributed by atoms with van der Waals surface area (Å²) in [6.45, 7) is 1.60. The van der Waals surface area contributed by atoms with Gasteiger partial charge in [0.15, 0.2) is 0 Å². The summed E-state index contributed by atoms with van der Waals surface area (Å²) in [5.41, 5.74) is 6.99. The minimum Gasteiger partial charge on any atom is -0.384 e. The lowest BCUT2D eigenvalue weighted by Crippen LogP contribution is -2.52. The van der Waals surface area contributed by atoms with Crippen molar-refractivity contribution in [2.24, 2.45) is 0 Å². The number of nitrogen functional groups attached to an aromatic ring is 1. The van der Waals surface area contributed by atoms with Gasteiger partial charge in [-0.2, -0.15) is 5.26 Å². The maximum absolute atomic E-state index is 8.91. The van der Waals surface area contributed by atoms with Gasteiger partial charge in [-0.15, -0.1) is 0 Å². The van der Waals surface area contributed by atoms with Crippen molar-refractivity contribution in [1.29, 1.82) is 5.26 Å². The quantitative estimate of drug-likeness (QED) is 0.753. The molecule has 0 aromatic carbocycles. The molecule has 0 spiro atoms. The van der Waals surface area contributed by atoms with E-state index in [4.69, 9.17) is 15.7 Å². The molecule has 1 fully saturated rings. The molecule has 1 aliphatic heterocycles. The first-order valence-electron chi connectivity index (χ1n) is 4.68. The molecule has 0 atom stereocenters. The molecule has 1 saturated heterocycles. The van der Waals surface area contributed by atoms with Gasteiger partial charge in [0, 0.05) is 32.5 Å². The number of nitrogens with zero attached hydrogens (tertiary/aromatic N) is 3. The predicted molar refractivity (Wildman–Crippen MR) is 56.4 cm³/mol.